The molecule has 1 rings (SSSR count). The number of amides is 1. The third-order valence-corrected chi connectivity index (χ3v) is 2.86. The van der Waals surface area contributed by atoms with Crippen molar-refractivity contribution in [3.05, 3.63) is 33.8 Å². The topological polar surface area (TPSA) is 66.9 Å². The second kappa shape index (κ2) is 5.87. The van der Waals surface area contributed by atoms with E-state index < -0.39 is 0 Å². The molecule has 0 heterocycles. The van der Waals surface area contributed by atoms with Crippen LogP contribution >= 0.6 is 23.2 Å². The molecule has 0 aliphatic carbocycles. The third kappa shape index (κ3) is 3.83. The molecule has 0 unspecified atom stereocenters. The third-order valence-electron chi connectivity index (χ3n) is 2.12. The second-order valence-electron chi connectivity index (χ2n) is 3.43. The van der Waals surface area contributed by atoms with E-state index in [1.54, 1.807) is 18.2 Å². The number of nitrogens with one attached hydrogen (secondary N) is 1. The fraction of sp³-hybridized carbons (Fsp3) is 0.273. The molecule has 0 fully saturated rings. The highest BCUT2D eigenvalue weighted by Gasteiger charge is 2.05. The monoisotopic (exact) mass is 258 g/mol. The summed E-state index contributed by atoms with van der Waals surface area (Å²) in [5.41, 5.74) is 6.16. The summed E-state index contributed by atoms with van der Waals surface area (Å²) in [4.78, 5) is 10.5. The minimum absolute atomic E-state index is 0.295. The Morgan fingerprint density at radius 2 is 1.94 bits per heavy atom. The van der Waals surface area contributed by atoms with Gasteiger partial charge in [-0.2, -0.15) is 0 Å². The van der Waals surface area contributed by atoms with Gasteiger partial charge in [-0.1, -0.05) is 29.3 Å². The van der Waals surface area contributed by atoms with Crippen molar-refractivity contribution in [2.75, 3.05) is 0 Å². The van der Waals surface area contributed by atoms with Crippen molar-refractivity contribution in [3.8, 4) is 0 Å². The van der Waals surface area contributed by atoms with Crippen molar-refractivity contribution < 1.29 is 4.79 Å². The predicted octanol–water partition coefficient (Wildman–Crippen LogP) is 3.02. The summed E-state index contributed by atoms with van der Waals surface area (Å²) in [6.45, 7) is 0. The van der Waals surface area contributed by atoms with Gasteiger partial charge in [-0.05, 0) is 30.5 Å². The molecule has 3 nitrogen and oxygen atoms in total. The molecule has 0 aromatic heterocycles. The molecule has 0 radical (unpaired) electrons. The lowest BCUT2D eigenvalue weighted by molar-refractivity contribution is -0.118. The van der Waals surface area contributed by atoms with E-state index in [0.717, 1.165) is 5.56 Å². The van der Waals surface area contributed by atoms with Crippen LogP contribution in [0.4, 0.5) is 0 Å². The van der Waals surface area contributed by atoms with Gasteiger partial charge in [0.15, 0.2) is 0 Å². The van der Waals surface area contributed by atoms with Crippen LogP contribution in [0.1, 0.15) is 24.8 Å². The molecule has 0 saturated carbocycles. The van der Waals surface area contributed by atoms with Gasteiger partial charge >= 0.3 is 0 Å². The molecule has 16 heavy (non-hydrogen) atoms. The molecule has 3 N–H and O–H groups in total. The van der Waals surface area contributed by atoms with E-state index >= 15 is 0 Å². The second-order valence-corrected chi connectivity index (χ2v) is 4.24. The number of rotatable bonds is 5. The number of hydrogen-bond acceptors (Lipinski definition) is 2. The highest BCUT2D eigenvalue weighted by Crippen LogP contribution is 2.23. The van der Waals surface area contributed by atoms with Crippen LogP contribution < -0.4 is 5.73 Å². The summed E-state index contributed by atoms with van der Waals surface area (Å²) in [5, 5.41) is 8.68. The zero-order valence-electron chi connectivity index (χ0n) is 8.59. The highest BCUT2D eigenvalue weighted by molar-refractivity contribution is 6.42. The van der Waals surface area contributed by atoms with Gasteiger partial charge in [-0.3, -0.25) is 4.79 Å². The van der Waals surface area contributed by atoms with Crippen molar-refractivity contribution in [2.45, 2.75) is 19.3 Å². The first-order valence-electron chi connectivity index (χ1n) is 4.82. The van der Waals surface area contributed by atoms with Crippen LogP contribution in [0.2, 0.25) is 10.0 Å². The maximum Gasteiger partial charge on any atom is 0.217 e. The zero-order chi connectivity index (χ0) is 12.1. The highest BCUT2D eigenvalue weighted by atomic mass is 35.5. The SMILES string of the molecule is N=C(CCCC(N)=O)c1ccc(Cl)c(Cl)c1. The number of carbonyl (C=O) groups excluding carboxylic acids is 1. The van der Waals surface area contributed by atoms with Crippen LogP contribution in [0.15, 0.2) is 18.2 Å². The van der Waals surface area contributed by atoms with Gasteiger partial charge in [0.2, 0.25) is 5.91 Å². The first-order valence-corrected chi connectivity index (χ1v) is 5.57. The fourth-order valence-corrected chi connectivity index (χ4v) is 1.57. The van der Waals surface area contributed by atoms with E-state index in [4.69, 9.17) is 34.3 Å². The Labute approximate surface area is 104 Å². The van der Waals surface area contributed by atoms with Crippen LogP contribution in [0.25, 0.3) is 0 Å². The summed E-state index contributed by atoms with van der Waals surface area (Å²) >= 11 is 11.6. The molecule has 0 saturated heterocycles. The quantitative estimate of drug-likeness (QED) is 0.784. The van der Waals surface area contributed by atoms with E-state index in [0.29, 0.717) is 35.0 Å². The summed E-state index contributed by atoms with van der Waals surface area (Å²) in [6.07, 6.45) is 1.37. The molecule has 1 aromatic rings. The molecule has 1 amide bonds. The molecule has 5 heteroatoms. The molecule has 0 aliphatic heterocycles. The molecule has 1 aromatic carbocycles. The molecule has 0 aliphatic rings. The Morgan fingerprint density at radius 1 is 1.25 bits per heavy atom. The Morgan fingerprint density at radius 3 is 2.50 bits per heavy atom. The molecule has 0 spiro atoms. The van der Waals surface area contributed by atoms with E-state index in [9.17, 15) is 4.79 Å². The van der Waals surface area contributed by atoms with Gasteiger partial charge < -0.3 is 11.1 Å². The Hall–Kier alpha value is -1.06. The lowest BCUT2D eigenvalue weighted by atomic mass is 10.0. The number of hydrogen-bond donors (Lipinski definition) is 2. The zero-order valence-corrected chi connectivity index (χ0v) is 10.1. The minimum atomic E-state index is -0.345. The van der Waals surface area contributed by atoms with Crippen LogP contribution in [0.3, 0.4) is 0 Å². The van der Waals surface area contributed by atoms with Crippen molar-refractivity contribution in [2.24, 2.45) is 5.73 Å². The largest absolute Gasteiger partial charge is 0.370 e. The van der Waals surface area contributed by atoms with Crippen molar-refractivity contribution in [1.82, 2.24) is 0 Å². The average molecular weight is 259 g/mol. The van der Waals surface area contributed by atoms with Gasteiger partial charge in [0.1, 0.15) is 0 Å². The smallest absolute Gasteiger partial charge is 0.217 e. The molecular formula is C11H12Cl2N2O. The number of nitrogens with two attached hydrogens (primary N) is 1. The lowest BCUT2D eigenvalue weighted by Gasteiger charge is -2.04. The predicted molar refractivity (Wildman–Crippen MR) is 66.3 cm³/mol. The van der Waals surface area contributed by atoms with Gasteiger partial charge in [-0.25, -0.2) is 0 Å². The van der Waals surface area contributed by atoms with Gasteiger partial charge in [0.05, 0.1) is 10.0 Å². The van der Waals surface area contributed by atoms with Crippen LogP contribution in [-0.4, -0.2) is 11.6 Å². The maximum absolute atomic E-state index is 10.5. The van der Waals surface area contributed by atoms with E-state index in [1.807, 2.05) is 0 Å². The number of halogens is 2. The van der Waals surface area contributed by atoms with E-state index in [1.165, 1.54) is 0 Å². The first kappa shape index (κ1) is 13.0. The number of benzene rings is 1. The van der Waals surface area contributed by atoms with Gasteiger partial charge in [0, 0.05) is 12.1 Å². The van der Waals surface area contributed by atoms with Crippen molar-refractivity contribution in [1.29, 1.82) is 5.41 Å². The number of carbonyl (C=O) groups is 1. The summed E-state index contributed by atoms with van der Waals surface area (Å²) in [7, 11) is 0. The molecule has 0 bridgehead atoms. The normalized spacial score (nSPS) is 10.1. The minimum Gasteiger partial charge on any atom is -0.370 e. The summed E-state index contributed by atoms with van der Waals surface area (Å²) in [6, 6.07) is 5.04. The van der Waals surface area contributed by atoms with Crippen molar-refractivity contribution in [3.63, 3.8) is 0 Å². The Bertz CT molecular complexity index is 418. The van der Waals surface area contributed by atoms with E-state index in [2.05, 4.69) is 0 Å². The maximum atomic E-state index is 10.5. The first-order chi connectivity index (χ1) is 7.50. The Balaban J connectivity index is 2.59. The Kier molecular flexibility index (Phi) is 4.77. The summed E-state index contributed by atoms with van der Waals surface area (Å²) in [5.74, 6) is -0.345. The van der Waals surface area contributed by atoms with Crippen molar-refractivity contribution >= 4 is 34.8 Å². The number of primary amides is 1. The molecular weight excluding hydrogens is 247 g/mol. The average Bonchev–Trinajstić information content (AvgIpc) is 2.21. The van der Waals surface area contributed by atoms with Crippen LogP contribution in [-0.2, 0) is 4.79 Å². The van der Waals surface area contributed by atoms with Gasteiger partial charge in [-0.15, -0.1) is 0 Å². The molecule has 0 atom stereocenters. The summed E-state index contributed by atoms with van der Waals surface area (Å²) < 4.78 is 0. The lowest BCUT2D eigenvalue weighted by Crippen LogP contribution is -2.10. The van der Waals surface area contributed by atoms with Crippen LogP contribution in [0.5, 0.6) is 0 Å². The van der Waals surface area contributed by atoms with Gasteiger partial charge in [0.25, 0.3) is 0 Å². The van der Waals surface area contributed by atoms with Crippen LogP contribution in [0, 0.1) is 5.41 Å². The standard InChI is InChI=1S/C11H12Cl2N2O/c12-8-5-4-7(6-9(8)13)10(14)2-1-3-11(15)16/h4-6,14H,1-3H2,(H2,15,16). The fourth-order valence-electron chi connectivity index (χ4n) is 1.27. The molecule has 86 valence electrons. The van der Waals surface area contributed by atoms with E-state index in [-0.39, 0.29) is 5.91 Å².